The second kappa shape index (κ2) is 10.2. The standard InChI is InChI=1S/C27H28N6O3/c1-33-25(17-7-5-4-6-8-17)23-21(32-33)12-10-19-16-29-27(31-24(19)23)30-20-11-9-18(15-22(20)36-3)26(34)28-13-14-35-2/h4-9,11,15-16H,10,12-14H2,1-3H3,(H,28,34)(H,29,30,31). The molecule has 0 aliphatic heterocycles. The molecule has 5 rings (SSSR count). The molecule has 0 spiro atoms. The van der Waals surface area contributed by atoms with Gasteiger partial charge in [-0.3, -0.25) is 9.48 Å². The maximum absolute atomic E-state index is 12.4. The minimum Gasteiger partial charge on any atom is -0.495 e. The zero-order valence-corrected chi connectivity index (χ0v) is 20.5. The first-order valence-corrected chi connectivity index (χ1v) is 11.8. The summed E-state index contributed by atoms with van der Waals surface area (Å²) in [4.78, 5) is 21.9. The maximum Gasteiger partial charge on any atom is 0.251 e. The van der Waals surface area contributed by atoms with Gasteiger partial charge in [-0.2, -0.15) is 5.10 Å². The molecule has 2 aromatic heterocycles. The number of rotatable bonds is 8. The number of methoxy groups -OCH3 is 2. The quantitative estimate of drug-likeness (QED) is 0.367. The Morgan fingerprint density at radius 2 is 1.94 bits per heavy atom. The number of hydrogen-bond donors (Lipinski definition) is 2. The van der Waals surface area contributed by atoms with E-state index in [0.717, 1.165) is 46.6 Å². The summed E-state index contributed by atoms with van der Waals surface area (Å²) in [5, 5.41) is 10.9. The predicted octanol–water partition coefficient (Wildman–Crippen LogP) is 3.77. The summed E-state index contributed by atoms with van der Waals surface area (Å²) in [7, 11) is 5.13. The van der Waals surface area contributed by atoms with Crippen LogP contribution in [0.1, 0.15) is 21.6 Å². The Balaban J connectivity index is 1.46. The molecule has 0 saturated heterocycles. The number of aromatic nitrogens is 4. The summed E-state index contributed by atoms with van der Waals surface area (Å²) < 4.78 is 12.5. The number of nitrogens with zero attached hydrogens (tertiary/aromatic N) is 4. The monoisotopic (exact) mass is 484 g/mol. The third-order valence-corrected chi connectivity index (χ3v) is 6.20. The van der Waals surface area contributed by atoms with Crippen molar-refractivity contribution >= 4 is 17.5 Å². The van der Waals surface area contributed by atoms with Gasteiger partial charge in [0.1, 0.15) is 5.75 Å². The van der Waals surface area contributed by atoms with Crippen molar-refractivity contribution < 1.29 is 14.3 Å². The summed E-state index contributed by atoms with van der Waals surface area (Å²) in [6, 6.07) is 15.4. The van der Waals surface area contributed by atoms with Gasteiger partial charge in [-0.25, -0.2) is 9.97 Å². The summed E-state index contributed by atoms with van der Waals surface area (Å²) in [6.45, 7) is 0.880. The van der Waals surface area contributed by atoms with E-state index in [2.05, 4.69) is 27.8 Å². The van der Waals surface area contributed by atoms with Crippen LogP contribution >= 0.6 is 0 Å². The molecule has 36 heavy (non-hydrogen) atoms. The van der Waals surface area contributed by atoms with Gasteiger partial charge in [-0.05, 0) is 36.6 Å². The molecule has 184 valence electrons. The number of carbonyl (C=O) groups excluding carboxylic acids is 1. The molecule has 0 atom stereocenters. The van der Waals surface area contributed by atoms with Crippen molar-refractivity contribution in [2.75, 3.05) is 32.7 Å². The zero-order chi connectivity index (χ0) is 25.1. The van der Waals surface area contributed by atoms with Crippen LogP contribution in [0.15, 0.2) is 54.7 Å². The predicted molar refractivity (Wildman–Crippen MR) is 138 cm³/mol. The summed E-state index contributed by atoms with van der Waals surface area (Å²) in [5.74, 6) is 0.766. The molecule has 9 heteroatoms. The van der Waals surface area contributed by atoms with E-state index in [9.17, 15) is 4.79 Å². The highest BCUT2D eigenvalue weighted by molar-refractivity contribution is 5.95. The molecular formula is C27H28N6O3. The van der Waals surface area contributed by atoms with Crippen LogP contribution in [0.25, 0.3) is 22.5 Å². The highest BCUT2D eigenvalue weighted by Gasteiger charge is 2.27. The lowest BCUT2D eigenvalue weighted by atomic mass is 9.91. The highest BCUT2D eigenvalue weighted by Crippen LogP contribution is 2.39. The van der Waals surface area contributed by atoms with Gasteiger partial charge in [0.2, 0.25) is 5.95 Å². The first-order valence-electron chi connectivity index (χ1n) is 11.8. The number of aryl methyl sites for hydroxylation is 3. The van der Waals surface area contributed by atoms with Crippen molar-refractivity contribution in [2.24, 2.45) is 7.05 Å². The number of benzene rings is 2. The van der Waals surface area contributed by atoms with E-state index >= 15 is 0 Å². The molecule has 0 radical (unpaired) electrons. The van der Waals surface area contributed by atoms with Crippen molar-refractivity contribution in [3.63, 3.8) is 0 Å². The molecule has 1 amide bonds. The third-order valence-electron chi connectivity index (χ3n) is 6.20. The van der Waals surface area contributed by atoms with Crippen LogP contribution < -0.4 is 15.4 Å². The average molecular weight is 485 g/mol. The zero-order valence-electron chi connectivity index (χ0n) is 20.5. The van der Waals surface area contributed by atoms with Crippen molar-refractivity contribution in [3.05, 3.63) is 71.5 Å². The fourth-order valence-electron chi connectivity index (χ4n) is 4.47. The smallest absolute Gasteiger partial charge is 0.251 e. The Labute approximate surface area is 209 Å². The van der Waals surface area contributed by atoms with E-state index in [0.29, 0.717) is 36.1 Å². The molecule has 0 bridgehead atoms. The molecule has 0 saturated carbocycles. The highest BCUT2D eigenvalue weighted by atomic mass is 16.5. The van der Waals surface area contributed by atoms with Crippen LogP contribution in [0.4, 0.5) is 11.6 Å². The first-order chi connectivity index (χ1) is 17.6. The van der Waals surface area contributed by atoms with Crippen LogP contribution in [0.5, 0.6) is 5.75 Å². The molecule has 0 unspecified atom stereocenters. The van der Waals surface area contributed by atoms with Gasteiger partial charge in [0.15, 0.2) is 0 Å². The minimum absolute atomic E-state index is 0.195. The average Bonchev–Trinajstić information content (AvgIpc) is 3.25. The topological polar surface area (TPSA) is 103 Å². The van der Waals surface area contributed by atoms with E-state index in [-0.39, 0.29) is 5.91 Å². The number of nitrogens with one attached hydrogen (secondary N) is 2. The first kappa shape index (κ1) is 23.5. The van der Waals surface area contributed by atoms with Crippen LogP contribution in [0, 0.1) is 0 Å². The van der Waals surface area contributed by atoms with E-state index in [1.54, 1.807) is 32.4 Å². The summed E-state index contributed by atoms with van der Waals surface area (Å²) in [5.41, 5.74) is 7.35. The SMILES string of the molecule is COCCNC(=O)c1ccc(Nc2ncc3c(n2)-c2c(nn(C)c2-c2ccccc2)CC3)c(OC)c1. The number of ether oxygens (including phenoxy) is 2. The van der Waals surface area contributed by atoms with Gasteiger partial charge >= 0.3 is 0 Å². The maximum atomic E-state index is 12.4. The second-order valence-electron chi connectivity index (χ2n) is 8.52. The second-order valence-corrected chi connectivity index (χ2v) is 8.52. The molecule has 2 N–H and O–H groups in total. The van der Waals surface area contributed by atoms with Gasteiger partial charge in [-0.15, -0.1) is 0 Å². The van der Waals surface area contributed by atoms with Crippen LogP contribution in [0.3, 0.4) is 0 Å². The Morgan fingerprint density at radius 3 is 2.72 bits per heavy atom. The number of anilines is 2. The lowest BCUT2D eigenvalue weighted by molar-refractivity contribution is 0.0937. The minimum atomic E-state index is -0.195. The molecule has 9 nitrogen and oxygen atoms in total. The molecule has 0 fully saturated rings. The van der Waals surface area contributed by atoms with Gasteiger partial charge in [0, 0.05) is 43.6 Å². The normalized spacial score (nSPS) is 12.0. The molecule has 2 heterocycles. The third kappa shape index (κ3) is 4.52. The molecular weight excluding hydrogens is 456 g/mol. The fraction of sp³-hybridized carbons (Fsp3) is 0.259. The Bertz CT molecular complexity index is 1400. The lowest BCUT2D eigenvalue weighted by Gasteiger charge is -2.17. The van der Waals surface area contributed by atoms with Crippen molar-refractivity contribution in [1.29, 1.82) is 0 Å². The van der Waals surface area contributed by atoms with Crippen molar-refractivity contribution in [2.45, 2.75) is 12.8 Å². The van der Waals surface area contributed by atoms with Crippen LogP contribution in [-0.4, -0.2) is 53.0 Å². The van der Waals surface area contributed by atoms with Gasteiger partial charge in [0.05, 0.1) is 36.5 Å². The van der Waals surface area contributed by atoms with Gasteiger partial charge in [-0.1, -0.05) is 30.3 Å². The Kier molecular flexibility index (Phi) is 6.64. The Morgan fingerprint density at radius 1 is 1.11 bits per heavy atom. The summed E-state index contributed by atoms with van der Waals surface area (Å²) in [6.07, 6.45) is 3.56. The number of carbonyl (C=O) groups is 1. The lowest BCUT2D eigenvalue weighted by Crippen LogP contribution is -2.26. The van der Waals surface area contributed by atoms with Crippen molar-refractivity contribution in [3.8, 4) is 28.3 Å². The Hall–Kier alpha value is -4.24. The van der Waals surface area contributed by atoms with E-state index in [1.165, 1.54) is 0 Å². The van der Waals surface area contributed by atoms with E-state index < -0.39 is 0 Å². The van der Waals surface area contributed by atoms with Gasteiger partial charge < -0.3 is 20.1 Å². The van der Waals surface area contributed by atoms with E-state index in [4.69, 9.17) is 19.6 Å². The molecule has 2 aromatic carbocycles. The molecule has 1 aliphatic rings. The van der Waals surface area contributed by atoms with Crippen LogP contribution in [0.2, 0.25) is 0 Å². The number of amides is 1. The number of hydrogen-bond acceptors (Lipinski definition) is 7. The van der Waals surface area contributed by atoms with Gasteiger partial charge in [0.25, 0.3) is 5.91 Å². The van der Waals surface area contributed by atoms with E-state index in [1.807, 2.05) is 36.1 Å². The number of fused-ring (bicyclic) bond motifs is 3. The van der Waals surface area contributed by atoms with Crippen molar-refractivity contribution in [1.82, 2.24) is 25.1 Å². The van der Waals surface area contributed by atoms with Crippen LogP contribution in [-0.2, 0) is 24.6 Å². The largest absolute Gasteiger partial charge is 0.495 e. The molecule has 1 aliphatic carbocycles. The fourth-order valence-corrected chi connectivity index (χ4v) is 4.47. The summed E-state index contributed by atoms with van der Waals surface area (Å²) >= 11 is 0. The molecule has 4 aromatic rings.